The van der Waals surface area contributed by atoms with Crippen molar-refractivity contribution < 1.29 is 14.0 Å². The smallest absolute Gasteiger partial charge is 0.385 e. The average molecular weight is 415 g/mol. The summed E-state index contributed by atoms with van der Waals surface area (Å²) in [5.41, 5.74) is 2.45. The summed E-state index contributed by atoms with van der Waals surface area (Å²) in [6, 6.07) is 15.0. The Labute approximate surface area is 161 Å². The highest BCUT2D eigenvalue weighted by Crippen LogP contribution is 2.31. The quantitative estimate of drug-likeness (QED) is 0.603. The van der Waals surface area contributed by atoms with Crippen molar-refractivity contribution in [2.75, 3.05) is 32.8 Å². The molecule has 3 saturated heterocycles. The Morgan fingerprint density at radius 2 is 1.77 bits per heavy atom. The van der Waals surface area contributed by atoms with Crippen LogP contribution in [0.5, 0.6) is 0 Å². The van der Waals surface area contributed by atoms with Crippen LogP contribution in [-0.4, -0.2) is 55.7 Å². The maximum absolute atomic E-state index is 6.14. The summed E-state index contributed by atoms with van der Waals surface area (Å²) in [7, 11) is -0.551. The van der Waals surface area contributed by atoms with Crippen LogP contribution in [0.25, 0.3) is 21.8 Å². The van der Waals surface area contributed by atoms with E-state index in [2.05, 4.69) is 67.9 Å². The summed E-state index contributed by atoms with van der Waals surface area (Å²) in [6.07, 6.45) is 0.0169. The lowest BCUT2D eigenvalue weighted by molar-refractivity contribution is -0.0232. The van der Waals surface area contributed by atoms with E-state index in [4.69, 9.17) is 14.0 Å². The molecule has 26 heavy (non-hydrogen) atoms. The van der Waals surface area contributed by atoms with Crippen LogP contribution < -0.4 is 0 Å². The largest absolute Gasteiger partial charge is 0.639 e. The summed E-state index contributed by atoms with van der Waals surface area (Å²) in [4.78, 5) is 2.37. The lowest BCUT2D eigenvalue weighted by atomic mass is 10.1. The van der Waals surface area contributed by atoms with Gasteiger partial charge in [0.15, 0.2) is 0 Å². The molecule has 0 unspecified atom stereocenters. The number of fused-ring (bicyclic) bond motifs is 9. The second-order valence-corrected chi connectivity index (χ2v) is 7.79. The van der Waals surface area contributed by atoms with Gasteiger partial charge in [0.1, 0.15) is 0 Å². The second kappa shape index (κ2) is 6.98. The predicted molar refractivity (Wildman–Crippen MR) is 106 cm³/mol. The van der Waals surface area contributed by atoms with Crippen molar-refractivity contribution in [1.29, 1.82) is 0 Å². The fourth-order valence-corrected chi connectivity index (χ4v) is 4.35. The summed E-state index contributed by atoms with van der Waals surface area (Å²) in [5, 5.41) is 2.52. The first-order valence-electron chi connectivity index (χ1n) is 9.05. The third-order valence-corrected chi connectivity index (χ3v) is 5.70. The molecule has 0 radical (unpaired) electrons. The van der Waals surface area contributed by atoms with E-state index >= 15 is 0 Å². The highest BCUT2D eigenvalue weighted by Gasteiger charge is 2.33. The molecule has 0 amide bonds. The van der Waals surface area contributed by atoms with Crippen LogP contribution in [-0.2, 0) is 20.5 Å². The molecule has 1 aromatic heterocycles. The molecule has 4 heterocycles. The van der Waals surface area contributed by atoms with Crippen LogP contribution >= 0.6 is 15.9 Å². The number of nitrogens with zero attached hydrogens (tertiary/aromatic N) is 2. The Balaban J connectivity index is 1.56. The zero-order chi connectivity index (χ0) is 17.5. The molecule has 5 nitrogen and oxygen atoms in total. The van der Waals surface area contributed by atoms with Gasteiger partial charge >= 0.3 is 7.32 Å². The normalized spacial score (nSPS) is 24.0. The number of para-hydroxylation sites is 1. The van der Waals surface area contributed by atoms with Gasteiger partial charge in [0.25, 0.3) is 0 Å². The zero-order valence-electron chi connectivity index (χ0n) is 14.4. The first kappa shape index (κ1) is 16.8. The van der Waals surface area contributed by atoms with Gasteiger partial charge in [-0.05, 0) is 24.3 Å². The third-order valence-electron chi connectivity index (χ3n) is 5.21. The number of aromatic nitrogens is 1. The van der Waals surface area contributed by atoms with Crippen LogP contribution in [0.4, 0.5) is 0 Å². The van der Waals surface area contributed by atoms with E-state index in [1.807, 2.05) is 0 Å². The number of hydrogen-bond acceptors (Lipinski definition) is 4. The summed E-state index contributed by atoms with van der Waals surface area (Å²) in [6.45, 7) is 4.83. The maximum Gasteiger partial charge on any atom is 0.639 e. The van der Waals surface area contributed by atoms with Gasteiger partial charge in [-0.25, -0.2) is 0 Å². The van der Waals surface area contributed by atoms with Crippen molar-refractivity contribution in [3.8, 4) is 0 Å². The number of halogens is 1. The Morgan fingerprint density at radius 3 is 2.62 bits per heavy atom. The molecular weight excluding hydrogens is 395 g/mol. The fourth-order valence-electron chi connectivity index (χ4n) is 3.99. The number of rotatable bonds is 2. The minimum atomic E-state index is -0.551. The Morgan fingerprint density at radius 1 is 1.00 bits per heavy atom. The number of hydrogen-bond donors (Lipinski definition) is 0. The van der Waals surface area contributed by atoms with Crippen molar-refractivity contribution in [3.05, 3.63) is 46.9 Å². The molecule has 3 aromatic rings. The van der Waals surface area contributed by atoms with E-state index in [-0.39, 0.29) is 6.10 Å². The molecule has 1 atom stereocenters. The van der Waals surface area contributed by atoms with Gasteiger partial charge < -0.3 is 18.5 Å². The molecule has 0 saturated carbocycles. The lowest BCUT2D eigenvalue weighted by Crippen LogP contribution is -2.50. The summed E-state index contributed by atoms with van der Waals surface area (Å²) in [5.74, 6) is 0. The Hall–Kier alpha value is -1.38. The Bertz CT molecular complexity index is 923. The van der Waals surface area contributed by atoms with Crippen LogP contribution in [0.3, 0.4) is 0 Å². The van der Waals surface area contributed by atoms with Gasteiger partial charge in [-0.1, -0.05) is 34.1 Å². The predicted octanol–water partition coefficient (Wildman–Crippen LogP) is 3.29. The van der Waals surface area contributed by atoms with E-state index in [0.717, 1.165) is 30.7 Å². The molecule has 6 rings (SSSR count). The van der Waals surface area contributed by atoms with Crippen molar-refractivity contribution >= 4 is 45.1 Å². The topological polar surface area (TPSA) is 35.9 Å². The third kappa shape index (κ3) is 3.08. The molecule has 134 valence electrons. The first-order valence-corrected chi connectivity index (χ1v) is 9.85. The molecule has 7 heteroatoms. The molecule has 3 fully saturated rings. The van der Waals surface area contributed by atoms with Crippen LogP contribution in [0.1, 0.15) is 0 Å². The van der Waals surface area contributed by atoms with Crippen molar-refractivity contribution in [3.63, 3.8) is 0 Å². The van der Waals surface area contributed by atoms with E-state index < -0.39 is 7.32 Å². The minimum absolute atomic E-state index is 0.0169. The van der Waals surface area contributed by atoms with Crippen molar-refractivity contribution in [2.24, 2.45) is 0 Å². The highest BCUT2D eigenvalue weighted by atomic mass is 79.9. The molecule has 0 N–H and O–H groups in total. The van der Waals surface area contributed by atoms with Crippen LogP contribution in [0, 0.1) is 0 Å². The second-order valence-electron chi connectivity index (χ2n) is 6.88. The van der Waals surface area contributed by atoms with Crippen LogP contribution in [0.15, 0.2) is 46.9 Å². The number of benzene rings is 2. The van der Waals surface area contributed by atoms with Gasteiger partial charge in [0, 0.05) is 65.7 Å². The molecule has 0 aliphatic carbocycles. The fraction of sp³-hybridized carbons (Fsp3) is 0.368. The molecule has 2 aromatic carbocycles. The first-order chi connectivity index (χ1) is 12.8. The SMILES string of the molecule is Brc1ccc2c(c1)c1ccccc1n2C[C@H]1CN2CCOB(OCC2)O1. The van der Waals surface area contributed by atoms with Gasteiger partial charge in [-0.2, -0.15) is 0 Å². The van der Waals surface area contributed by atoms with Gasteiger partial charge in [0.2, 0.25) is 0 Å². The van der Waals surface area contributed by atoms with E-state index in [1.54, 1.807) is 0 Å². The van der Waals surface area contributed by atoms with Crippen molar-refractivity contribution in [2.45, 2.75) is 12.6 Å². The lowest BCUT2D eigenvalue weighted by Gasteiger charge is -2.35. The molecule has 3 aliphatic rings. The summed E-state index contributed by atoms with van der Waals surface area (Å²) >= 11 is 3.60. The van der Waals surface area contributed by atoms with E-state index in [1.165, 1.54) is 21.8 Å². The molecule has 0 spiro atoms. The molecule has 3 aliphatic heterocycles. The monoisotopic (exact) mass is 414 g/mol. The van der Waals surface area contributed by atoms with Gasteiger partial charge in [0.05, 0.1) is 6.10 Å². The maximum atomic E-state index is 6.14. The van der Waals surface area contributed by atoms with Crippen LogP contribution in [0.2, 0.25) is 0 Å². The average Bonchev–Trinajstić information content (AvgIpc) is 2.89. The Kier molecular flexibility index (Phi) is 4.50. The highest BCUT2D eigenvalue weighted by molar-refractivity contribution is 9.10. The zero-order valence-corrected chi connectivity index (χ0v) is 16.0. The van der Waals surface area contributed by atoms with E-state index in [0.29, 0.717) is 13.2 Å². The molecule has 2 bridgehead atoms. The van der Waals surface area contributed by atoms with Gasteiger partial charge in [-0.3, -0.25) is 4.90 Å². The van der Waals surface area contributed by atoms with E-state index in [9.17, 15) is 0 Å². The summed E-state index contributed by atoms with van der Waals surface area (Å²) < 4.78 is 21.0. The minimum Gasteiger partial charge on any atom is -0.385 e. The standard InChI is InChI=1S/C19H20BBrN2O3/c21-14-5-6-19-17(11-14)16-3-1-2-4-18(16)23(19)13-15-12-22-7-9-24-20(26-15)25-10-8-22/h1-6,11,15H,7-10,12-13H2/t15-/m1/s1. The van der Waals surface area contributed by atoms with Gasteiger partial charge in [-0.15, -0.1) is 0 Å². The molecular formula is C19H20BBrN2O3. The van der Waals surface area contributed by atoms with Crippen molar-refractivity contribution in [1.82, 2.24) is 9.47 Å².